The molecule has 0 heteroatoms. The van der Waals surface area contributed by atoms with E-state index in [-0.39, 0.29) is 43.3 Å². The molecule has 0 radical (unpaired) electrons. The van der Waals surface area contributed by atoms with Crippen molar-refractivity contribution in [1.29, 1.82) is 0 Å². The Bertz CT molecular complexity index is 7340. The highest BCUT2D eigenvalue weighted by Crippen LogP contribution is 2.90. The Balaban J connectivity index is 1.14. The van der Waals surface area contributed by atoms with E-state index in [1.807, 2.05) is 22.3 Å². The van der Waals surface area contributed by atoms with E-state index in [1.54, 1.807) is 316 Å². The molecule has 37 rings (SSSR count). The van der Waals surface area contributed by atoms with Crippen molar-refractivity contribution in [2.75, 3.05) is 0 Å². The standard InChI is InChI=1S/C78H24/c1-71-47-27-24-11-12-20-21-13(11)32-42-44-38(21)58-57-37(20)43-41(31(12)47)59(71)65-67-61(43)77(57,7)69-63-45-39-22-16-10-9-14-18-19-15(9)34-36-17(10)23(22)40-46(45)64-70(69)78(58,8)62(44)68-66-60(42)72(2)48(32)28(24)26(30(19)50(72)52(34)74(66,4)54(36)56(40)76(64,68)6)25(27)29(18)49(71)51-33(14)35(16)53(73(51,65)3)55(39)75(63,67)5/h1-8H3. The first-order valence-corrected chi connectivity index (χ1v) is 30.2. The second-order valence-electron chi connectivity index (χ2n) is 32.2. The van der Waals surface area contributed by atoms with E-state index >= 15 is 0 Å². The quantitative estimate of drug-likeness (QED) is 0.133. The second-order valence-corrected chi connectivity index (χ2v) is 32.2. The fourth-order valence-corrected chi connectivity index (χ4v) is 32.2. The van der Waals surface area contributed by atoms with Crippen molar-refractivity contribution in [1.82, 2.24) is 0 Å². The molecule has 336 valence electrons. The highest BCUT2D eigenvalue weighted by Gasteiger charge is 2.77. The van der Waals surface area contributed by atoms with Crippen molar-refractivity contribution in [3.63, 3.8) is 0 Å². The summed E-state index contributed by atoms with van der Waals surface area (Å²) in [6.07, 6.45) is 0. The van der Waals surface area contributed by atoms with Gasteiger partial charge in [-0.2, -0.15) is 0 Å². The van der Waals surface area contributed by atoms with E-state index in [2.05, 4.69) is 55.4 Å². The summed E-state index contributed by atoms with van der Waals surface area (Å²) in [7, 11) is 0. The van der Waals surface area contributed by atoms with Crippen molar-refractivity contribution >= 4 is 205 Å². The van der Waals surface area contributed by atoms with Gasteiger partial charge in [0.1, 0.15) is 0 Å². The Hall–Kier alpha value is -8.06. The summed E-state index contributed by atoms with van der Waals surface area (Å²) < 4.78 is 0. The van der Waals surface area contributed by atoms with Gasteiger partial charge in [-0.3, -0.25) is 0 Å². The number of hydrogen-bond acceptors (Lipinski definition) is 0. The summed E-state index contributed by atoms with van der Waals surface area (Å²) in [5, 5.41) is 65.3. The van der Waals surface area contributed by atoms with Gasteiger partial charge >= 0.3 is 0 Å². The highest BCUT2D eigenvalue weighted by atomic mass is 14.8. The molecule has 17 aliphatic rings. The molecule has 0 N–H and O–H groups in total. The third kappa shape index (κ3) is 1.44. The van der Waals surface area contributed by atoms with Crippen LogP contribution in [0.5, 0.6) is 0 Å². The maximum atomic E-state index is 2.91. The molecule has 0 amide bonds. The molecule has 8 atom stereocenters. The van der Waals surface area contributed by atoms with Crippen LogP contribution in [0.3, 0.4) is 0 Å². The van der Waals surface area contributed by atoms with E-state index in [1.165, 1.54) is 0 Å². The fraction of sp³-hybridized carbons (Fsp3) is 0.205. The predicted octanol–water partition coefficient (Wildman–Crippen LogP) is 17.8. The molecule has 0 nitrogen and oxygen atoms in total. The predicted molar refractivity (Wildman–Crippen MR) is 315 cm³/mol. The summed E-state index contributed by atoms with van der Waals surface area (Å²) in [4.78, 5) is 0. The van der Waals surface area contributed by atoms with Gasteiger partial charge in [0.25, 0.3) is 0 Å². The summed E-state index contributed by atoms with van der Waals surface area (Å²) in [6.45, 7) is 23.2. The highest BCUT2D eigenvalue weighted by molar-refractivity contribution is 6.69. The van der Waals surface area contributed by atoms with Gasteiger partial charge in [-0.1, -0.05) is 0 Å². The van der Waals surface area contributed by atoms with Crippen molar-refractivity contribution in [3.8, 4) is 0 Å². The topological polar surface area (TPSA) is 0 Å². The van der Waals surface area contributed by atoms with Gasteiger partial charge in [0.15, 0.2) is 0 Å². The molecule has 0 aliphatic heterocycles. The Kier molecular flexibility index (Phi) is 2.41. The first-order valence-electron chi connectivity index (χ1n) is 30.2. The Morgan fingerprint density at radius 2 is 0.167 bits per heavy atom. The number of benzene rings is 16. The monoisotopic (exact) mass is 960 g/mol. The van der Waals surface area contributed by atoms with E-state index in [0.29, 0.717) is 0 Å². The Morgan fingerprint density at radius 3 is 0.346 bits per heavy atom. The lowest BCUT2D eigenvalue weighted by Crippen LogP contribution is -2.54. The van der Waals surface area contributed by atoms with E-state index in [4.69, 9.17) is 0 Å². The Morgan fingerprint density at radius 1 is 0.0897 bits per heavy atom. The minimum Gasteiger partial charge on any atom is -0.0472 e. The number of hydrogen-bond donors (Lipinski definition) is 0. The first-order chi connectivity index (χ1) is 37.9. The zero-order valence-electron chi connectivity index (χ0n) is 43.0. The molecule has 0 saturated heterocycles. The van der Waals surface area contributed by atoms with Crippen LogP contribution in [0.1, 0.15) is 189 Å². The molecule has 8 unspecified atom stereocenters. The average molecular weight is 961 g/mol. The van der Waals surface area contributed by atoms with Crippen molar-refractivity contribution in [3.05, 3.63) is 134 Å². The molecule has 20 aromatic rings. The van der Waals surface area contributed by atoms with Gasteiger partial charge in [-0.25, -0.2) is 0 Å². The molecule has 78 heavy (non-hydrogen) atoms. The molecule has 17 aliphatic carbocycles. The fourth-order valence-electron chi connectivity index (χ4n) is 32.2. The molecule has 0 fully saturated rings. The van der Waals surface area contributed by atoms with Crippen LogP contribution in [0.2, 0.25) is 0 Å². The third-order valence-corrected chi connectivity index (χ3v) is 32.2. The van der Waals surface area contributed by atoms with Gasteiger partial charge in [0.2, 0.25) is 0 Å². The van der Waals surface area contributed by atoms with Gasteiger partial charge in [0.05, 0.1) is 0 Å². The van der Waals surface area contributed by atoms with Gasteiger partial charge in [-0.15, -0.1) is 0 Å². The molecule has 0 saturated carbocycles. The van der Waals surface area contributed by atoms with Gasteiger partial charge in [-0.05, 0) is 394 Å². The largest absolute Gasteiger partial charge is 0.0472 e. The van der Waals surface area contributed by atoms with E-state index in [0.717, 1.165) is 0 Å². The number of rotatable bonds is 0. The van der Waals surface area contributed by atoms with Crippen LogP contribution in [0.25, 0.3) is 205 Å². The maximum absolute atomic E-state index is 2.91. The summed E-state index contributed by atoms with van der Waals surface area (Å²) in [5.41, 5.74) is 40.8. The Labute approximate surface area is 434 Å². The van der Waals surface area contributed by atoms with Crippen LogP contribution < -0.4 is 0 Å². The van der Waals surface area contributed by atoms with Crippen LogP contribution in [-0.2, 0) is 43.3 Å². The molecule has 0 aromatic heterocycles. The normalized spacial score (nSPS) is 34.3. The molecular weight excluding hydrogens is 937 g/mol. The zero-order chi connectivity index (χ0) is 47.8. The average Bonchev–Trinajstić information content (AvgIpc) is 1.92. The van der Waals surface area contributed by atoms with E-state index < -0.39 is 0 Å². The van der Waals surface area contributed by atoms with Crippen LogP contribution in [-0.4, -0.2) is 0 Å². The van der Waals surface area contributed by atoms with Crippen LogP contribution in [0, 0.1) is 0 Å². The van der Waals surface area contributed by atoms with Crippen LogP contribution >= 0.6 is 0 Å². The summed E-state index contributed by atoms with van der Waals surface area (Å²) >= 11 is 0. The smallest absolute Gasteiger partial charge is 0.0455 e. The van der Waals surface area contributed by atoms with Crippen molar-refractivity contribution in [2.45, 2.75) is 98.7 Å². The first kappa shape index (κ1) is 30.2. The molecule has 0 spiro atoms. The van der Waals surface area contributed by atoms with E-state index in [9.17, 15) is 0 Å². The molecule has 20 aromatic carbocycles. The lowest BCUT2D eigenvalue weighted by atomic mass is 9.41. The third-order valence-electron chi connectivity index (χ3n) is 32.2. The second kappa shape index (κ2) is 6.23. The molecule has 0 bridgehead atoms. The molecule has 0 heterocycles. The maximum Gasteiger partial charge on any atom is 0.0455 e. The minimum atomic E-state index is -0.274. The van der Waals surface area contributed by atoms with Crippen LogP contribution in [0.15, 0.2) is 0 Å². The summed E-state index contributed by atoms with van der Waals surface area (Å²) in [6, 6.07) is 0. The lowest BCUT2D eigenvalue weighted by molar-refractivity contribution is 0.470. The minimum absolute atomic E-state index is 0.271. The van der Waals surface area contributed by atoms with Gasteiger partial charge in [0, 0.05) is 43.3 Å². The van der Waals surface area contributed by atoms with Crippen molar-refractivity contribution in [2.24, 2.45) is 0 Å². The van der Waals surface area contributed by atoms with Gasteiger partial charge < -0.3 is 0 Å². The molecular formula is C78H24. The SMILES string of the molecule is CC12c3c4c5c6c7c3C3(C)c8c9c%10c%11c(c81)c1c2c2c8c%12c(c%13c%14c%15c%12c%12c%16c%17c%18c%19c(c%20c%21c%22c(c(c6c6c%23c7c3c3c7c%24c(c%25c(c%18c%18c(c%11c%11c1c8c%12c%11c%18%17)C%10%25C)c1c%19c%21c(c%241)c(c7%23)c%226)C93C)C%135C)C%14%20C)C%15%16C)C42C. The van der Waals surface area contributed by atoms with Crippen LogP contribution in [0.4, 0.5) is 0 Å². The lowest BCUT2D eigenvalue weighted by Gasteiger charge is -2.60. The van der Waals surface area contributed by atoms with Crippen molar-refractivity contribution < 1.29 is 0 Å². The zero-order valence-corrected chi connectivity index (χ0v) is 43.0. The summed E-state index contributed by atoms with van der Waals surface area (Å²) in [5.74, 6) is 0.